The van der Waals surface area contributed by atoms with E-state index in [1.54, 1.807) is 6.21 Å². The van der Waals surface area contributed by atoms with Gasteiger partial charge in [-0.3, -0.25) is 4.79 Å². The first-order valence-corrected chi connectivity index (χ1v) is 8.09. The topological polar surface area (TPSA) is 41.5 Å². The first-order valence-electron chi connectivity index (χ1n) is 7.34. The Labute approximate surface area is 145 Å². The van der Waals surface area contributed by atoms with Gasteiger partial charge in [0.25, 0.3) is 0 Å². The molecule has 0 unspecified atom stereocenters. The quantitative estimate of drug-likeness (QED) is 0.498. The van der Waals surface area contributed by atoms with Crippen LogP contribution >= 0.6 is 23.2 Å². The van der Waals surface area contributed by atoms with Gasteiger partial charge in [-0.25, -0.2) is 5.43 Å². The Bertz CT molecular complexity index is 716. The van der Waals surface area contributed by atoms with Crippen molar-refractivity contribution in [3.8, 4) is 0 Å². The zero-order chi connectivity index (χ0) is 16.3. The van der Waals surface area contributed by atoms with Crippen molar-refractivity contribution in [2.45, 2.75) is 22.6 Å². The number of benzene rings is 2. The van der Waals surface area contributed by atoms with Gasteiger partial charge in [0, 0.05) is 6.21 Å². The lowest BCUT2D eigenvalue weighted by Crippen LogP contribution is -2.23. The monoisotopic (exact) mass is 346 g/mol. The maximum atomic E-state index is 11.9. The van der Waals surface area contributed by atoms with Crippen molar-refractivity contribution in [3.63, 3.8) is 0 Å². The number of nitrogens with one attached hydrogen (secondary N) is 1. The standard InChI is InChI=1S/C18H16Cl2N2O/c19-18(20)12-17(18,15-9-5-2-6-10-15)13-21-22-16(23)11-14-7-3-1-4-8-14/h1-10,13H,11-12H2,(H,22,23)/t17-/m1/s1. The number of hydrazone groups is 1. The third-order valence-electron chi connectivity index (χ3n) is 4.00. The molecule has 1 aliphatic carbocycles. The summed E-state index contributed by atoms with van der Waals surface area (Å²) in [5, 5.41) is 4.08. The maximum absolute atomic E-state index is 11.9. The van der Waals surface area contributed by atoms with E-state index in [-0.39, 0.29) is 12.3 Å². The average Bonchev–Trinajstić information content (AvgIpc) is 3.12. The minimum atomic E-state index is -0.887. The van der Waals surface area contributed by atoms with E-state index >= 15 is 0 Å². The van der Waals surface area contributed by atoms with Crippen LogP contribution in [-0.2, 0) is 16.6 Å². The van der Waals surface area contributed by atoms with Crippen LogP contribution in [-0.4, -0.2) is 16.5 Å². The second kappa shape index (κ2) is 6.34. The second-order valence-electron chi connectivity index (χ2n) is 5.67. The van der Waals surface area contributed by atoms with Crippen molar-refractivity contribution < 1.29 is 4.79 Å². The molecule has 5 heteroatoms. The van der Waals surface area contributed by atoms with Gasteiger partial charge in [0.1, 0.15) is 4.33 Å². The predicted molar refractivity (Wildman–Crippen MR) is 94.0 cm³/mol. The fourth-order valence-electron chi connectivity index (χ4n) is 2.60. The summed E-state index contributed by atoms with van der Waals surface area (Å²) in [5.41, 5.74) is 3.93. The highest BCUT2D eigenvalue weighted by Crippen LogP contribution is 2.63. The minimum absolute atomic E-state index is 0.175. The zero-order valence-corrected chi connectivity index (χ0v) is 13.9. The Morgan fingerprint density at radius 3 is 2.22 bits per heavy atom. The molecule has 3 rings (SSSR count). The van der Waals surface area contributed by atoms with Gasteiger partial charge in [-0.2, -0.15) is 5.10 Å². The van der Waals surface area contributed by atoms with Crippen molar-refractivity contribution in [2.75, 3.05) is 0 Å². The summed E-state index contributed by atoms with van der Waals surface area (Å²) < 4.78 is -0.887. The second-order valence-corrected chi connectivity index (χ2v) is 7.16. The molecule has 1 amide bonds. The van der Waals surface area contributed by atoms with E-state index in [1.165, 1.54) is 0 Å². The van der Waals surface area contributed by atoms with Gasteiger partial charge in [-0.1, -0.05) is 60.7 Å². The first kappa shape index (κ1) is 16.0. The number of amides is 1. The average molecular weight is 347 g/mol. The zero-order valence-electron chi connectivity index (χ0n) is 12.4. The molecule has 2 aromatic carbocycles. The van der Waals surface area contributed by atoms with E-state index in [4.69, 9.17) is 23.2 Å². The van der Waals surface area contributed by atoms with Gasteiger partial charge in [-0.05, 0) is 17.5 Å². The molecule has 23 heavy (non-hydrogen) atoms. The largest absolute Gasteiger partial charge is 0.273 e. The van der Waals surface area contributed by atoms with Gasteiger partial charge in [-0.15, -0.1) is 23.2 Å². The smallest absolute Gasteiger partial charge is 0.244 e. The van der Waals surface area contributed by atoms with Gasteiger partial charge in [0.2, 0.25) is 5.91 Å². The Morgan fingerprint density at radius 2 is 1.65 bits per heavy atom. The number of hydrogen-bond donors (Lipinski definition) is 1. The number of nitrogens with zero attached hydrogens (tertiary/aromatic N) is 1. The van der Waals surface area contributed by atoms with Gasteiger partial charge in [0.15, 0.2) is 0 Å². The summed E-state index contributed by atoms with van der Waals surface area (Å²) in [6, 6.07) is 19.2. The molecule has 0 aliphatic heterocycles. The van der Waals surface area contributed by atoms with Crippen LogP contribution in [0.25, 0.3) is 0 Å². The van der Waals surface area contributed by atoms with E-state index in [2.05, 4.69) is 10.5 Å². The molecule has 1 atom stereocenters. The third kappa shape index (κ3) is 3.41. The molecule has 0 spiro atoms. The Hall–Kier alpha value is -1.84. The first-order chi connectivity index (χ1) is 11.0. The molecule has 1 aliphatic rings. The van der Waals surface area contributed by atoms with E-state index in [1.807, 2.05) is 60.7 Å². The van der Waals surface area contributed by atoms with Crippen LogP contribution in [0.5, 0.6) is 0 Å². The van der Waals surface area contributed by atoms with E-state index in [0.29, 0.717) is 6.42 Å². The van der Waals surface area contributed by atoms with Crippen LogP contribution in [0.3, 0.4) is 0 Å². The lowest BCUT2D eigenvalue weighted by Gasteiger charge is -2.13. The van der Waals surface area contributed by atoms with Crippen LogP contribution < -0.4 is 5.43 Å². The summed E-state index contributed by atoms with van der Waals surface area (Å²) in [4.78, 5) is 11.9. The maximum Gasteiger partial charge on any atom is 0.244 e. The van der Waals surface area contributed by atoms with Crippen molar-refractivity contribution in [3.05, 3.63) is 71.8 Å². The van der Waals surface area contributed by atoms with Crippen molar-refractivity contribution >= 4 is 35.3 Å². The number of carbonyl (C=O) groups is 1. The summed E-state index contributed by atoms with van der Waals surface area (Å²) in [6.45, 7) is 0. The predicted octanol–water partition coefficient (Wildman–Crippen LogP) is 3.85. The summed E-state index contributed by atoms with van der Waals surface area (Å²) in [7, 11) is 0. The summed E-state index contributed by atoms with van der Waals surface area (Å²) in [5.74, 6) is -0.175. The highest BCUT2D eigenvalue weighted by Gasteiger charge is 2.66. The number of rotatable bonds is 5. The van der Waals surface area contributed by atoms with Crippen LogP contribution in [0.1, 0.15) is 17.5 Å². The molecule has 118 valence electrons. The molecule has 0 heterocycles. The molecule has 1 N–H and O–H groups in total. The molecular formula is C18H16Cl2N2O. The van der Waals surface area contributed by atoms with Crippen molar-refractivity contribution in [2.24, 2.45) is 5.10 Å². The molecule has 0 radical (unpaired) electrons. The Kier molecular flexibility index (Phi) is 4.42. The van der Waals surface area contributed by atoms with E-state index in [9.17, 15) is 4.79 Å². The lowest BCUT2D eigenvalue weighted by atomic mass is 9.97. The summed E-state index contributed by atoms with van der Waals surface area (Å²) in [6.07, 6.45) is 2.50. The molecule has 0 bridgehead atoms. The Balaban J connectivity index is 1.66. The van der Waals surface area contributed by atoms with Gasteiger partial charge >= 0.3 is 0 Å². The van der Waals surface area contributed by atoms with Crippen molar-refractivity contribution in [1.29, 1.82) is 0 Å². The van der Waals surface area contributed by atoms with E-state index in [0.717, 1.165) is 11.1 Å². The summed E-state index contributed by atoms with van der Waals surface area (Å²) >= 11 is 12.6. The van der Waals surface area contributed by atoms with Crippen LogP contribution in [0, 0.1) is 0 Å². The van der Waals surface area contributed by atoms with Crippen LogP contribution in [0.2, 0.25) is 0 Å². The molecule has 3 nitrogen and oxygen atoms in total. The Morgan fingerprint density at radius 1 is 1.09 bits per heavy atom. The highest BCUT2D eigenvalue weighted by molar-refractivity contribution is 6.53. The minimum Gasteiger partial charge on any atom is -0.273 e. The number of carbonyl (C=O) groups excluding carboxylic acids is 1. The lowest BCUT2D eigenvalue weighted by molar-refractivity contribution is -0.120. The number of alkyl halides is 2. The van der Waals surface area contributed by atoms with Crippen molar-refractivity contribution in [1.82, 2.24) is 5.43 Å². The van der Waals surface area contributed by atoms with E-state index < -0.39 is 9.75 Å². The van der Waals surface area contributed by atoms with Crippen LogP contribution in [0.15, 0.2) is 65.8 Å². The van der Waals surface area contributed by atoms with Crippen LogP contribution in [0.4, 0.5) is 0 Å². The third-order valence-corrected chi connectivity index (χ3v) is 4.94. The normalized spacial score (nSPS) is 22.0. The SMILES string of the molecule is O=C(Cc1ccccc1)NN=C[C@@]1(c2ccccc2)CC1(Cl)Cl. The molecule has 0 saturated heterocycles. The highest BCUT2D eigenvalue weighted by atomic mass is 35.5. The molecule has 1 fully saturated rings. The van der Waals surface area contributed by atoms with Gasteiger partial charge < -0.3 is 0 Å². The molecule has 1 saturated carbocycles. The fourth-order valence-corrected chi connectivity index (χ4v) is 3.34. The number of hydrogen-bond acceptors (Lipinski definition) is 2. The van der Waals surface area contributed by atoms with Gasteiger partial charge in [0.05, 0.1) is 11.8 Å². The fraction of sp³-hybridized carbons (Fsp3) is 0.222. The molecule has 2 aromatic rings. The number of halogens is 2. The molecular weight excluding hydrogens is 331 g/mol. The molecule has 0 aromatic heterocycles.